The molecule has 0 aliphatic rings. The normalized spacial score (nSPS) is 12.6. The Morgan fingerprint density at radius 3 is 2.74 bits per heavy atom. The smallest absolute Gasteiger partial charge is 0.305 e. The van der Waals surface area contributed by atoms with Gasteiger partial charge in [0, 0.05) is 12.2 Å². The second kappa shape index (κ2) is 5.89. The van der Waals surface area contributed by atoms with E-state index in [4.69, 9.17) is 22.0 Å². The minimum atomic E-state index is -0.903. The van der Waals surface area contributed by atoms with E-state index in [1.165, 1.54) is 12.3 Å². The number of aliphatic carboxylic acids is 1. The minimum absolute atomic E-state index is 0.0573. The number of carboxylic acids is 1. The van der Waals surface area contributed by atoms with Crippen molar-refractivity contribution in [3.8, 4) is 6.07 Å². The third kappa shape index (κ3) is 4.11. The van der Waals surface area contributed by atoms with Crippen LogP contribution in [-0.4, -0.2) is 22.1 Å². The largest absolute Gasteiger partial charge is 0.481 e. The number of carbonyl (C=O) groups is 1. The van der Waals surface area contributed by atoms with E-state index in [1.54, 1.807) is 0 Å². The first-order valence-electron chi connectivity index (χ1n) is 5.78. The zero-order valence-electron chi connectivity index (χ0n) is 11.1. The number of pyridine rings is 1. The highest BCUT2D eigenvalue weighted by Crippen LogP contribution is 2.29. The van der Waals surface area contributed by atoms with Crippen LogP contribution >= 0.6 is 11.6 Å². The molecule has 0 amide bonds. The number of nitriles is 1. The Bertz CT molecular complexity index is 518. The van der Waals surface area contributed by atoms with Gasteiger partial charge in [-0.2, -0.15) is 5.26 Å². The summed E-state index contributed by atoms with van der Waals surface area (Å²) >= 11 is 6.04. The fourth-order valence-electron chi connectivity index (χ4n) is 1.54. The summed E-state index contributed by atoms with van der Waals surface area (Å²) in [5, 5.41) is 21.1. The summed E-state index contributed by atoms with van der Waals surface area (Å²) in [7, 11) is 0. The van der Waals surface area contributed by atoms with Gasteiger partial charge in [0.15, 0.2) is 0 Å². The van der Waals surface area contributed by atoms with Gasteiger partial charge in [0.05, 0.1) is 12.0 Å². The van der Waals surface area contributed by atoms with E-state index >= 15 is 0 Å². The third-order valence-corrected chi connectivity index (χ3v) is 3.13. The van der Waals surface area contributed by atoms with Crippen LogP contribution in [0.25, 0.3) is 0 Å². The Kier molecular flexibility index (Phi) is 4.73. The van der Waals surface area contributed by atoms with Crippen LogP contribution in [-0.2, 0) is 4.79 Å². The summed E-state index contributed by atoms with van der Waals surface area (Å²) in [6, 6.07) is 3.13. The van der Waals surface area contributed by atoms with Gasteiger partial charge in [0.1, 0.15) is 16.9 Å². The minimum Gasteiger partial charge on any atom is -0.481 e. The van der Waals surface area contributed by atoms with Crippen LogP contribution in [0.3, 0.4) is 0 Å². The van der Waals surface area contributed by atoms with Crippen molar-refractivity contribution >= 4 is 23.4 Å². The number of aromatic nitrogens is 1. The number of hydrogen-bond donors (Lipinski definition) is 2. The maximum absolute atomic E-state index is 10.9. The third-order valence-electron chi connectivity index (χ3n) is 2.74. The molecule has 0 saturated carbocycles. The number of halogens is 1. The number of nitrogens with one attached hydrogen (secondary N) is 1. The predicted molar refractivity (Wildman–Crippen MR) is 73.1 cm³/mol. The molecule has 0 fully saturated rings. The Morgan fingerprint density at radius 1 is 1.63 bits per heavy atom. The topological polar surface area (TPSA) is 86.0 Å². The molecule has 0 aliphatic carbocycles. The summed E-state index contributed by atoms with van der Waals surface area (Å²) in [5.41, 5.74) is 0.0219. The second-order valence-corrected chi connectivity index (χ2v) is 5.67. The first-order chi connectivity index (χ1) is 8.75. The monoisotopic (exact) mass is 281 g/mol. The van der Waals surface area contributed by atoms with Crippen molar-refractivity contribution in [3.63, 3.8) is 0 Å². The van der Waals surface area contributed by atoms with Crippen LogP contribution in [0.2, 0.25) is 5.02 Å². The highest BCUT2D eigenvalue weighted by molar-refractivity contribution is 6.34. The fourth-order valence-corrected chi connectivity index (χ4v) is 1.75. The van der Waals surface area contributed by atoms with E-state index in [-0.39, 0.29) is 22.9 Å². The Morgan fingerprint density at radius 2 is 2.26 bits per heavy atom. The average molecular weight is 282 g/mol. The van der Waals surface area contributed by atoms with Crippen molar-refractivity contribution in [1.29, 1.82) is 5.26 Å². The number of carboxylic acid groups (broad SMARTS) is 1. The molecule has 0 aliphatic heterocycles. The zero-order valence-corrected chi connectivity index (χ0v) is 11.8. The molecule has 0 spiro atoms. The zero-order chi connectivity index (χ0) is 14.6. The van der Waals surface area contributed by atoms with Crippen LogP contribution in [0.5, 0.6) is 0 Å². The lowest BCUT2D eigenvalue weighted by atomic mass is 9.84. The molecule has 5 nitrogen and oxygen atoms in total. The average Bonchev–Trinajstić information content (AvgIpc) is 2.29. The van der Waals surface area contributed by atoms with Crippen LogP contribution in [0.4, 0.5) is 5.82 Å². The van der Waals surface area contributed by atoms with Crippen molar-refractivity contribution in [2.45, 2.75) is 33.2 Å². The molecule has 0 saturated heterocycles. The molecule has 2 N–H and O–H groups in total. The summed E-state index contributed by atoms with van der Waals surface area (Å²) in [6.45, 7) is 5.78. The van der Waals surface area contributed by atoms with Crippen LogP contribution < -0.4 is 5.32 Å². The first-order valence-corrected chi connectivity index (χ1v) is 6.16. The lowest BCUT2D eigenvalue weighted by molar-refractivity contribution is -0.137. The van der Waals surface area contributed by atoms with Crippen LogP contribution in [0.1, 0.15) is 32.8 Å². The van der Waals surface area contributed by atoms with Crippen molar-refractivity contribution in [2.24, 2.45) is 5.41 Å². The van der Waals surface area contributed by atoms with E-state index in [0.717, 1.165) is 0 Å². The van der Waals surface area contributed by atoms with E-state index < -0.39 is 5.97 Å². The molecule has 0 bridgehead atoms. The molecule has 1 aromatic heterocycles. The van der Waals surface area contributed by atoms with Gasteiger partial charge < -0.3 is 10.4 Å². The van der Waals surface area contributed by atoms with Crippen LogP contribution in [0.15, 0.2) is 12.3 Å². The van der Waals surface area contributed by atoms with Crippen LogP contribution in [0, 0.1) is 16.7 Å². The Labute approximate surface area is 117 Å². The van der Waals surface area contributed by atoms with Gasteiger partial charge in [-0.15, -0.1) is 0 Å². The van der Waals surface area contributed by atoms with Crippen molar-refractivity contribution in [2.75, 3.05) is 5.32 Å². The fraction of sp³-hybridized carbons (Fsp3) is 0.462. The molecule has 0 radical (unpaired) electrons. The molecule has 1 aromatic rings. The van der Waals surface area contributed by atoms with Crippen molar-refractivity contribution in [3.05, 3.63) is 22.8 Å². The molecule has 102 valence electrons. The molecular weight excluding hydrogens is 266 g/mol. The summed E-state index contributed by atoms with van der Waals surface area (Å²) in [6.07, 6.45) is 1.41. The first kappa shape index (κ1) is 15.3. The van der Waals surface area contributed by atoms with Gasteiger partial charge in [-0.3, -0.25) is 4.79 Å². The number of rotatable bonds is 4. The molecule has 6 heteroatoms. The van der Waals surface area contributed by atoms with Gasteiger partial charge in [-0.25, -0.2) is 4.98 Å². The Hall–Kier alpha value is -1.80. The maximum Gasteiger partial charge on any atom is 0.305 e. The van der Waals surface area contributed by atoms with Gasteiger partial charge in [-0.05, 0) is 11.5 Å². The van der Waals surface area contributed by atoms with E-state index in [2.05, 4.69) is 10.3 Å². The molecule has 1 rings (SSSR count). The standard InChI is InChI=1S/C13H16ClN3O2/c1-13(2,3)9(6-10(18)19)17-12-11(14)8(7-15)4-5-16-12/h4-5,9H,6H2,1-3H3,(H,16,17)(H,18,19). The second-order valence-electron chi connectivity index (χ2n) is 5.29. The Balaban J connectivity index is 3.04. The van der Waals surface area contributed by atoms with Gasteiger partial charge in [-0.1, -0.05) is 32.4 Å². The molecule has 19 heavy (non-hydrogen) atoms. The predicted octanol–water partition coefficient (Wildman–Crippen LogP) is 2.91. The molecular formula is C13H16ClN3O2. The van der Waals surface area contributed by atoms with Crippen molar-refractivity contribution < 1.29 is 9.90 Å². The SMILES string of the molecule is CC(C)(C)C(CC(=O)O)Nc1nccc(C#N)c1Cl. The summed E-state index contributed by atoms with van der Waals surface area (Å²) < 4.78 is 0. The quantitative estimate of drug-likeness (QED) is 0.886. The molecule has 1 heterocycles. The molecule has 0 aromatic carbocycles. The van der Waals surface area contributed by atoms with E-state index in [9.17, 15) is 4.79 Å². The lowest BCUT2D eigenvalue weighted by Gasteiger charge is -2.31. The van der Waals surface area contributed by atoms with Gasteiger partial charge >= 0.3 is 5.97 Å². The summed E-state index contributed by atoms with van der Waals surface area (Å²) in [5.74, 6) is -0.568. The van der Waals surface area contributed by atoms with E-state index in [1.807, 2.05) is 26.8 Å². The van der Waals surface area contributed by atoms with Gasteiger partial charge in [0.25, 0.3) is 0 Å². The van der Waals surface area contributed by atoms with Gasteiger partial charge in [0.2, 0.25) is 0 Å². The summed E-state index contributed by atoms with van der Waals surface area (Å²) in [4.78, 5) is 15.0. The lowest BCUT2D eigenvalue weighted by Crippen LogP contribution is -2.36. The highest BCUT2D eigenvalue weighted by Gasteiger charge is 2.28. The number of hydrogen-bond acceptors (Lipinski definition) is 4. The molecule has 1 unspecified atom stereocenters. The maximum atomic E-state index is 10.9. The van der Waals surface area contributed by atoms with Crippen molar-refractivity contribution in [1.82, 2.24) is 4.98 Å². The number of nitrogens with zero attached hydrogens (tertiary/aromatic N) is 2. The number of anilines is 1. The highest BCUT2D eigenvalue weighted by atomic mass is 35.5. The van der Waals surface area contributed by atoms with E-state index in [0.29, 0.717) is 11.4 Å². The molecule has 1 atom stereocenters.